The van der Waals surface area contributed by atoms with Crippen LogP contribution in [0.5, 0.6) is 5.75 Å². The monoisotopic (exact) mass is 278 g/mol. The molecule has 0 saturated heterocycles. The van der Waals surface area contributed by atoms with Crippen LogP contribution < -0.4 is 10.1 Å². The number of aromatic nitrogens is 1. The second-order valence-electron chi connectivity index (χ2n) is 4.98. The van der Waals surface area contributed by atoms with E-state index in [-0.39, 0.29) is 6.04 Å². The minimum absolute atomic E-state index is 0.145. The van der Waals surface area contributed by atoms with Gasteiger partial charge in [-0.15, -0.1) is 0 Å². The molecule has 21 heavy (non-hydrogen) atoms. The molecule has 1 N–H and O–H groups in total. The number of benzene rings is 2. The summed E-state index contributed by atoms with van der Waals surface area (Å²) in [5, 5.41) is 4.68. The third-order valence-electron chi connectivity index (χ3n) is 3.62. The highest BCUT2D eigenvalue weighted by Gasteiger charge is 2.11. The van der Waals surface area contributed by atoms with Gasteiger partial charge in [0.25, 0.3) is 0 Å². The van der Waals surface area contributed by atoms with Gasteiger partial charge in [-0.25, -0.2) is 0 Å². The zero-order chi connectivity index (χ0) is 14.7. The maximum Gasteiger partial charge on any atom is 0.124 e. The second-order valence-corrected chi connectivity index (χ2v) is 4.98. The van der Waals surface area contributed by atoms with Crippen molar-refractivity contribution in [1.82, 2.24) is 4.98 Å². The Morgan fingerprint density at radius 3 is 2.71 bits per heavy atom. The molecule has 2 aromatic carbocycles. The van der Waals surface area contributed by atoms with E-state index in [0.717, 1.165) is 27.9 Å². The Morgan fingerprint density at radius 1 is 1.00 bits per heavy atom. The number of pyridine rings is 1. The summed E-state index contributed by atoms with van der Waals surface area (Å²) in [6, 6.07) is 18.4. The number of anilines is 1. The van der Waals surface area contributed by atoms with Crippen molar-refractivity contribution >= 4 is 16.6 Å². The Kier molecular flexibility index (Phi) is 3.73. The smallest absolute Gasteiger partial charge is 0.124 e. The third-order valence-corrected chi connectivity index (χ3v) is 3.62. The van der Waals surface area contributed by atoms with Crippen LogP contribution in [0.25, 0.3) is 10.9 Å². The zero-order valence-electron chi connectivity index (χ0n) is 12.2. The Morgan fingerprint density at radius 2 is 1.86 bits per heavy atom. The first-order valence-electron chi connectivity index (χ1n) is 7.03. The van der Waals surface area contributed by atoms with Gasteiger partial charge in [-0.2, -0.15) is 0 Å². The van der Waals surface area contributed by atoms with Crippen molar-refractivity contribution in [2.75, 3.05) is 12.4 Å². The van der Waals surface area contributed by atoms with Crippen molar-refractivity contribution in [2.45, 2.75) is 13.0 Å². The number of fused-ring (bicyclic) bond motifs is 1. The van der Waals surface area contributed by atoms with Crippen molar-refractivity contribution in [1.29, 1.82) is 0 Å². The molecule has 1 atom stereocenters. The lowest BCUT2D eigenvalue weighted by Gasteiger charge is -2.19. The van der Waals surface area contributed by atoms with Gasteiger partial charge in [0.2, 0.25) is 0 Å². The van der Waals surface area contributed by atoms with Gasteiger partial charge >= 0.3 is 0 Å². The van der Waals surface area contributed by atoms with E-state index >= 15 is 0 Å². The maximum absolute atomic E-state index is 5.44. The molecular weight excluding hydrogens is 260 g/mol. The van der Waals surface area contributed by atoms with E-state index in [1.165, 1.54) is 0 Å². The molecule has 0 fully saturated rings. The van der Waals surface area contributed by atoms with Gasteiger partial charge in [-0.05, 0) is 37.3 Å². The van der Waals surface area contributed by atoms with Crippen molar-refractivity contribution in [2.24, 2.45) is 0 Å². The van der Waals surface area contributed by atoms with Crippen molar-refractivity contribution in [3.05, 3.63) is 66.4 Å². The number of hydrogen-bond acceptors (Lipinski definition) is 3. The SMILES string of the molecule is COc1ccccc1C(C)Nc1cccc2ncccc12. The number of para-hydroxylation sites is 1. The Bertz CT molecular complexity index is 750. The van der Waals surface area contributed by atoms with Gasteiger partial charge in [0.1, 0.15) is 5.75 Å². The molecule has 0 spiro atoms. The Labute approximate surface area is 124 Å². The largest absolute Gasteiger partial charge is 0.496 e. The van der Waals surface area contributed by atoms with Crippen LogP contribution >= 0.6 is 0 Å². The van der Waals surface area contributed by atoms with Gasteiger partial charge in [0.15, 0.2) is 0 Å². The Balaban J connectivity index is 1.95. The highest BCUT2D eigenvalue weighted by Crippen LogP contribution is 2.30. The average molecular weight is 278 g/mol. The second kappa shape index (κ2) is 5.83. The molecule has 0 aliphatic rings. The van der Waals surface area contributed by atoms with E-state index in [2.05, 4.69) is 35.4 Å². The molecule has 0 aliphatic carbocycles. The summed E-state index contributed by atoms with van der Waals surface area (Å²) in [4.78, 5) is 4.39. The number of nitrogens with one attached hydrogen (secondary N) is 1. The summed E-state index contributed by atoms with van der Waals surface area (Å²) in [5.74, 6) is 0.899. The van der Waals surface area contributed by atoms with Crippen LogP contribution in [0.15, 0.2) is 60.8 Å². The van der Waals surface area contributed by atoms with Crippen molar-refractivity contribution in [3.63, 3.8) is 0 Å². The van der Waals surface area contributed by atoms with E-state index in [4.69, 9.17) is 4.74 Å². The van der Waals surface area contributed by atoms with Crippen LogP contribution in [0.1, 0.15) is 18.5 Å². The zero-order valence-corrected chi connectivity index (χ0v) is 12.2. The van der Waals surface area contributed by atoms with Gasteiger partial charge < -0.3 is 10.1 Å². The fourth-order valence-electron chi connectivity index (χ4n) is 2.56. The highest BCUT2D eigenvalue weighted by molar-refractivity contribution is 5.91. The summed E-state index contributed by atoms with van der Waals surface area (Å²) < 4.78 is 5.44. The van der Waals surface area contributed by atoms with Gasteiger partial charge in [-0.3, -0.25) is 4.98 Å². The molecule has 0 amide bonds. The molecule has 3 heteroatoms. The van der Waals surface area contributed by atoms with E-state index in [1.807, 2.05) is 42.6 Å². The number of methoxy groups -OCH3 is 1. The fourth-order valence-corrected chi connectivity index (χ4v) is 2.56. The molecule has 106 valence electrons. The van der Waals surface area contributed by atoms with Crippen LogP contribution in [0.3, 0.4) is 0 Å². The first kappa shape index (κ1) is 13.4. The van der Waals surface area contributed by atoms with Crippen molar-refractivity contribution in [3.8, 4) is 5.75 Å². The third kappa shape index (κ3) is 2.68. The minimum Gasteiger partial charge on any atom is -0.496 e. The quantitative estimate of drug-likeness (QED) is 0.767. The number of rotatable bonds is 4. The number of nitrogens with zero attached hydrogens (tertiary/aromatic N) is 1. The molecule has 0 saturated carbocycles. The Hall–Kier alpha value is -2.55. The predicted octanol–water partition coefficient (Wildman–Crippen LogP) is 4.42. The fraction of sp³-hybridized carbons (Fsp3) is 0.167. The van der Waals surface area contributed by atoms with Gasteiger partial charge in [0.05, 0.1) is 18.7 Å². The molecule has 0 aliphatic heterocycles. The molecule has 1 aromatic heterocycles. The van der Waals surface area contributed by atoms with Gasteiger partial charge in [-0.1, -0.05) is 24.3 Å². The van der Waals surface area contributed by atoms with Crippen molar-refractivity contribution < 1.29 is 4.74 Å². The molecule has 0 radical (unpaired) electrons. The lowest BCUT2D eigenvalue weighted by molar-refractivity contribution is 0.408. The topological polar surface area (TPSA) is 34.1 Å². The number of ether oxygens (including phenoxy) is 1. The first-order chi connectivity index (χ1) is 10.3. The average Bonchev–Trinajstić information content (AvgIpc) is 2.55. The summed E-state index contributed by atoms with van der Waals surface area (Å²) in [6.07, 6.45) is 1.82. The number of hydrogen-bond donors (Lipinski definition) is 1. The molecule has 0 bridgehead atoms. The predicted molar refractivity (Wildman–Crippen MR) is 86.8 cm³/mol. The maximum atomic E-state index is 5.44. The van der Waals surface area contributed by atoms with E-state index in [0.29, 0.717) is 0 Å². The van der Waals surface area contributed by atoms with Crippen LogP contribution in [0, 0.1) is 0 Å². The normalized spacial score (nSPS) is 12.1. The summed E-state index contributed by atoms with van der Waals surface area (Å²) >= 11 is 0. The molecular formula is C18H18N2O. The highest BCUT2D eigenvalue weighted by atomic mass is 16.5. The summed E-state index contributed by atoms with van der Waals surface area (Å²) in [5.41, 5.74) is 3.22. The lowest BCUT2D eigenvalue weighted by Crippen LogP contribution is -2.08. The van der Waals surface area contributed by atoms with Crippen LogP contribution in [0.2, 0.25) is 0 Å². The molecule has 3 rings (SSSR count). The first-order valence-corrected chi connectivity index (χ1v) is 7.03. The van der Waals surface area contributed by atoms with Gasteiger partial charge in [0, 0.05) is 22.8 Å². The standard InChI is InChI=1S/C18H18N2O/c1-13(14-7-3-4-11-18(14)21-2)20-17-10-5-9-16-15(17)8-6-12-19-16/h3-13,20H,1-2H3. The van der Waals surface area contributed by atoms with Crippen LogP contribution in [-0.2, 0) is 0 Å². The molecule has 1 heterocycles. The minimum atomic E-state index is 0.145. The van der Waals surface area contributed by atoms with Crippen LogP contribution in [0.4, 0.5) is 5.69 Å². The van der Waals surface area contributed by atoms with E-state index in [9.17, 15) is 0 Å². The molecule has 3 nitrogen and oxygen atoms in total. The van der Waals surface area contributed by atoms with E-state index in [1.54, 1.807) is 7.11 Å². The lowest BCUT2D eigenvalue weighted by atomic mass is 10.1. The molecule has 3 aromatic rings. The summed E-state index contributed by atoms with van der Waals surface area (Å²) in [7, 11) is 1.70. The van der Waals surface area contributed by atoms with E-state index < -0.39 is 0 Å². The summed E-state index contributed by atoms with van der Waals surface area (Å²) in [6.45, 7) is 2.13. The van der Waals surface area contributed by atoms with Crippen LogP contribution in [-0.4, -0.2) is 12.1 Å². The molecule has 1 unspecified atom stereocenters.